The number of nitrogens with two attached hydrogens (primary N) is 1. The number of esters is 2. The van der Waals surface area contributed by atoms with Gasteiger partial charge in [0.05, 0.1) is 25.4 Å². The van der Waals surface area contributed by atoms with Gasteiger partial charge < -0.3 is 40.1 Å². The van der Waals surface area contributed by atoms with Gasteiger partial charge in [0.1, 0.15) is 24.8 Å². The van der Waals surface area contributed by atoms with Gasteiger partial charge in [-0.15, -0.1) is 0 Å². The molecule has 1 rings (SSSR count). The van der Waals surface area contributed by atoms with Crippen LogP contribution in [0.25, 0.3) is 0 Å². The molecule has 0 saturated heterocycles. The topological polar surface area (TPSA) is 165 Å². The fraction of sp³-hybridized carbons (Fsp3) is 0.868. The van der Waals surface area contributed by atoms with E-state index < -0.39 is 47.5 Å². The SMILES string of the molecule is CCCCCCCCCCCCCCCCCCOc1cc(COC(=O)CNC(=O)[C@H](CCC(=O)OC(C)(C)C)NC(=O)C(C)(C)N)cc(OCCCCCCCCCCCCCCCCCC)c1OCCCCCCCCCCCCCCCCCC. The molecule has 2 amide bonds. The minimum atomic E-state index is -1.28. The zero-order chi connectivity index (χ0) is 64.5. The van der Waals surface area contributed by atoms with Crippen molar-refractivity contribution in [3.8, 4) is 17.2 Å². The third-order valence-corrected chi connectivity index (χ3v) is 16.9. The van der Waals surface area contributed by atoms with E-state index in [0.29, 0.717) is 42.6 Å². The number of rotatable bonds is 64. The molecule has 12 heteroatoms. The van der Waals surface area contributed by atoms with Crippen molar-refractivity contribution in [3.05, 3.63) is 17.7 Å². The van der Waals surface area contributed by atoms with Gasteiger partial charge in [-0.05, 0) is 78.0 Å². The van der Waals surface area contributed by atoms with E-state index >= 15 is 0 Å². The van der Waals surface area contributed by atoms with Crippen LogP contribution in [0.2, 0.25) is 0 Å². The number of benzene rings is 1. The van der Waals surface area contributed by atoms with Gasteiger partial charge in [0.2, 0.25) is 17.6 Å². The average Bonchev–Trinajstić information content (AvgIpc) is 1.82. The van der Waals surface area contributed by atoms with Crippen LogP contribution in [0.1, 0.15) is 382 Å². The minimum Gasteiger partial charge on any atom is -0.490 e. The fourth-order valence-corrected chi connectivity index (χ4v) is 11.3. The summed E-state index contributed by atoms with van der Waals surface area (Å²) in [6.45, 7) is 16.3. The molecule has 0 aliphatic heterocycles. The molecule has 0 aromatic heterocycles. The normalized spacial score (nSPS) is 12.1. The van der Waals surface area contributed by atoms with E-state index in [2.05, 4.69) is 31.4 Å². The number of amides is 2. The lowest BCUT2D eigenvalue weighted by atomic mass is 10.0. The van der Waals surface area contributed by atoms with Gasteiger partial charge in [-0.1, -0.05) is 310 Å². The van der Waals surface area contributed by atoms with Gasteiger partial charge in [0, 0.05) is 6.42 Å². The van der Waals surface area contributed by atoms with E-state index in [-0.39, 0.29) is 19.4 Å². The summed E-state index contributed by atoms with van der Waals surface area (Å²) in [6.07, 6.45) is 62.4. The third kappa shape index (κ3) is 51.1. The van der Waals surface area contributed by atoms with Crippen molar-refractivity contribution in [1.29, 1.82) is 0 Å². The molecule has 88 heavy (non-hydrogen) atoms. The summed E-state index contributed by atoms with van der Waals surface area (Å²) < 4.78 is 31.1. The standard InChI is InChI=1S/C76H141N3O9/c1-9-12-15-18-21-24-27-30-33-36-39-42-45-48-51-54-59-84-68-62-66(65-87-71(81)64-78-73(82)67(79-74(83)76(7,8)77)57-58-70(80)88-75(4,5)6)63-69(85-60-55-52-49-46-43-40-37-34-31-28-25-22-19-16-13-10-2)72(68)86-61-56-53-50-47-44-41-38-35-32-29-26-23-20-17-14-11-3/h62-63,67H,9-61,64-65,77H2,1-8H3,(H,78,82)(H,79,83)/t67-/m0/s1. The molecule has 0 radical (unpaired) electrons. The van der Waals surface area contributed by atoms with Crippen LogP contribution in [0.4, 0.5) is 0 Å². The lowest BCUT2D eigenvalue weighted by Gasteiger charge is -2.24. The Bertz CT molecular complexity index is 1750. The summed E-state index contributed by atoms with van der Waals surface area (Å²) in [5.74, 6) is -0.600. The van der Waals surface area contributed by atoms with E-state index in [1.807, 2.05) is 12.1 Å². The molecular formula is C76H141N3O9. The molecule has 1 aromatic carbocycles. The first-order chi connectivity index (χ1) is 42.6. The molecule has 12 nitrogen and oxygen atoms in total. The fourth-order valence-electron chi connectivity index (χ4n) is 11.3. The van der Waals surface area contributed by atoms with Crippen LogP contribution in [0.3, 0.4) is 0 Å². The number of carbonyl (C=O) groups excluding carboxylic acids is 4. The van der Waals surface area contributed by atoms with Crippen LogP contribution in [0.15, 0.2) is 12.1 Å². The second-order valence-corrected chi connectivity index (χ2v) is 27.6. The lowest BCUT2D eigenvalue weighted by molar-refractivity contribution is -0.155. The molecule has 0 saturated carbocycles. The highest BCUT2D eigenvalue weighted by Gasteiger charge is 2.30. The Hall–Kier alpha value is -3.54. The highest BCUT2D eigenvalue weighted by molar-refractivity contribution is 5.92. The predicted octanol–water partition coefficient (Wildman–Crippen LogP) is 21.1. The maximum Gasteiger partial charge on any atom is 0.325 e. The minimum absolute atomic E-state index is 0.0457. The van der Waals surface area contributed by atoms with Crippen LogP contribution >= 0.6 is 0 Å². The average molecular weight is 1240 g/mol. The van der Waals surface area contributed by atoms with Crippen molar-refractivity contribution < 1.29 is 42.9 Å². The van der Waals surface area contributed by atoms with Crippen molar-refractivity contribution in [2.45, 2.75) is 400 Å². The lowest BCUT2D eigenvalue weighted by Crippen LogP contribution is -2.56. The van der Waals surface area contributed by atoms with E-state index in [4.69, 9.17) is 29.4 Å². The number of hydrogen-bond donors (Lipinski definition) is 3. The van der Waals surface area contributed by atoms with E-state index in [9.17, 15) is 19.2 Å². The van der Waals surface area contributed by atoms with Crippen LogP contribution in [0.5, 0.6) is 17.2 Å². The molecule has 0 unspecified atom stereocenters. The van der Waals surface area contributed by atoms with Crippen LogP contribution in [-0.2, 0) is 35.3 Å². The third-order valence-electron chi connectivity index (χ3n) is 16.9. The van der Waals surface area contributed by atoms with Gasteiger partial charge in [-0.25, -0.2) is 0 Å². The first-order valence-corrected chi connectivity index (χ1v) is 37.4. The van der Waals surface area contributed by atoms with Crippen LogP contribution in [0, 0.1) is 0 Å². The second-order valence-electron chi connectivity index (χ2n) is 27.6. The zero-order valence-corrected chi connectivity index (χ0v) is 58.9. The summed E-state index contributed by atoms with van der Waals surface area (Å²) in [4.78, 5) is 52.3. The molecule has 0 aliphatic rings. The molecule has 0 bridgehead atoms. The number of unbranched alkanes of at least 4 members (excludes halogenated alkanes) is 45. The Kier molecular flexibility index (Phi) is 53.8. The Morgan fingerprint density at radius 2 is 0.716 bits per heavy atom. The van der Waals surface area contributed by atoms with Crippen molar-refractivity contribution >= 4 is 23.8 Å². The molecule has 1 aromatic rings. The molecule has 4 N–H and O–H groups in total. The molecule has 0 fully saturated rings. The van der Waals surface area contributed by atoms with Crippen molar-refractivity contribution in [2.24, 2.45) is 5.73 Å². The molecule has 0 aliphatic carbocycles. The van der Waals surface area contributed by atoms with E-state index in [0.717, 1.165) is 38.5 Å². The number of hydrogen-bond acceptors (Lipinski definition) is 10. The summed E-state index contributed by atoms with van der Waals surface area (Å²) in [6, 6.07) is 2.67. The molecule has 514 valence electrons. The smallest absolute Gasteiger partial charge is 0.325 e. The van der Waals surface area contributed by atoms with Gasteiger partial charge >= 0.3 is 11.9 Å². The first-order valence-electron chi connectivity index (χ1n) is 37.4. The van der Waals surface area contributed by atoms with Crippen molar-refractivity contribution in [1.82, 2.24) is 10.6 Å². The van der Waals surface area contributed by atoms with Gasteiger partial charge in [-0.2, -0.15) is 0 Å². The molecular weight excluding hydrogens is 1100 g/mol. The van der Waals surface area contributed by atoms with Crippen molar-refractivity contribution in [3.63, 3.8) is 0 Å². The maximum atomic E-state index is 13.5. The summed E-state index contributed by atoms with van der Waals surface area (Å²) in [5.41, 5.74) is 4.73. The summed E-state index contributed by atoms with van der Waals surface area (Å²) in [7, 11) is 0. The maximum absolute atomic E-state index is 13.5. The van der Waals surface area contributed by atoms with Gasteiger partial charge in [0.15, 0.2) is 11.5 Å². The number of nitrogens with one attached hydrogen (secondary N) is 2. The van der Waals surface area contributed by atoms with Gasteiger partial charge in [-0.3, -0.25) is 19.2 Å². The molecule has 0 heterocycles. The van der Waals surface area contributed by atoms with E-state index in [1.165, 1.54) is 284 Å². The summed E-state index contributed by atoms with van der Waals surface area (Å²) >= 11 is 0. The Balaban J connectivity index is 3.06. The first kappa shape index (κ1) is 82.5. The Morgan fingerprint density at radius 1 is 0.420 bits per heavy atom. The highest BCUT2D eigenvalue weighted by Crippen LogP contribution is 2.40. The summed E-state index contributed by atoms with van der Waals surface area (Å²) in [5, 5.41) is 5.25. The predicted molar refractivity (Wildman–Crippen MR) is 370 cm³/mol. The Morgan fingerprint density at radius 3 is 1.01 bits per heavy atom. The highest BCUT2D eigenvalue weighted by atomic mass is 16.6. The molecule has 0 spiro atoms. The van der Waals surface area contributed by atoms with Gasteiger partial charge in [0.25, 0.3) is 0 Å². The monoisotopic (exact) mass is 1240 g/mol. The zero-order valence-electron chi connectivity index (χ0n) is 58.9. The van der Waals surface area contributed by atoms with Crippen molar-refractivity contribution in [2.75, 3.05) is 26.4 Å². The van der Waals surface area contributed by atoms with Crippen LogP contribution in [-0.4, -0.2) is 67.3 Å². The quantitative estimate of drug-likeness (QED) is 0.0422. The Labute approximate surface area is 542 Å². The number of ether oxygens (including phenoxy) is 5. The molecule has 1 atom stereocenters. The number of carbonyl (C=O) groups is 4. The second kappa shape index (κ2) is 57.4. The van der Waals surface area contributed by atoms with E-state index in [1.54, 1.807) is 20.8 Å². The largest absolute Gasteiger partial charge is 0.490 e. The van der Waals surface area contributed by atoms with Crippen LogP contribution < -0.4 is 30.6 Å².